The van der Waals surface area contributed by atoms with E-state index in [2.05, 4.69) is 21.2 Å². The van der Waals surface area contributed by atoms with Gasteiger partial charge in [0.2, 0.25) is 0 Å². The van der Waals surface area contributed by atoms with E-state index in [1.807, 2.05) is 13.8 Å². The maximum absolute atomic E-state index is 12.5. The summed E-state index contributed by atoms with van der Waals surface area (Å²) in [4.78, 5) is 0. The van der Waals surface area contributed by atoms with Crippen LogP contribution in [0.25, 0.3) is 0 Å². The molecule has 0 bridgehead atoms. The second kappa shape index (κ2) is 6.43. The molecule has 0 amide bonds. The van der Waals surface area contributed by atoms with E-state index in [9.17, 15) is 13.2 Å². The lowest BCUT2D eigenvalue weighted by Gasteiger charge is -2.17. The molecule has 0 heterocycles. The van der Waals surface area contributed by atoms with Crippen LogP contribution in [-0.2, 0) is 10.9 Å². The predicted octanol–water partition coefficient (Wildman–Crippen LogP) is 4.30. The van der Waals surface area contributed by atoms with Crippen molar-refractivity contribution in [2.24, 2.45) is 0 Å². The second-order valence-corrected chi connectivity index (χ2v) is 4.75. The molecule has 18 heavy (non-hydrogen) atoms. The van der Waals surface area contributed by atoms with E-state index >= 15 is 0 Å². The molecule has 0 saturated heterocycles. The van der Waals surface area contributed by atoms with Gasteiger partial charge in [-0.15, -0.1) is 0 Å². The molecule has 2 nitrogen and oxygen atoms in total. The van der Waals surface area contributed by atoms with Gasteiger partial charge < -0.3 is 10.1 Å². The quantitative estimate of drug-likeness (QED) is 0.871. The fraction of sp³-hybridized carbons (Fsp3) is 0.500. The van der Waals surface area contributed by atoms with Crippen molar-refractivity contribution in [1.82, 2.24) is 0 Å². The lowest BCUT2D eigenvalue weighted by molar-refractivity contribution is -0.137. The molecule has 0 saturated carbocycles. The molecule has 0 aromatic heterocycles. The molecule has 1 N–H and O–H groups in total. The van der Waals surface area contributed by atoms with Gasteiger partial charge in [-0.3, -0.25) is 0 Å². The average molecular weight is 326 g/mol. The van der Waals surface area contributed by atoms with Crippen LogP contribution in [0.3, 0.4) is 0 Å². The Kier molecular flexibility index (Phi) is 5.47. The van der Waals surface area contributed by atoms with Crippen molar-refractivity contribution in [3.63, 3.8) is 0 Å². The Labute approximate surface area is 113 Å². The molecule has 0 aliphatic heterocycles. The van der Waals surface area contributed by atoms with Crippen LogP contribution in [0.15, 0.2) is 22.7 Å². The van der Waals surface area contributed by atoms with Gasteiger partial charge in [0, 0.05) is 22.8 Å². The van der Waals surface area contributed by atoms with Crippen molar-refractivity contribution in [3.8, 4) is 0 Å². The van der Waals surface area contributed by atoms with Crippen molar-refractivity contribution in [1.29, 1.82) is 0 Å². The van der Waals surface area contributed by atoms with Gasteiger partial charge in [-0.25, -0.2) is 0 Å². The third kappa shape index (κ3) is 4.49. The summed E-state index contributed by atoms with van der Waals surface area (Å²) in [6.07, 6.45) is -4.32. The summed E-state index contributed by atoms with van der Waals surface area (Å²) in [6, 6.07) is 3.56. The summed E-state index contributed by atoms with van der Waals surface area (Å²) in [7, 11) is 0. The Bertz CT molecular complexity index is 395. The molecule has 1 aromatic carbocycles. The van der Waals surface area contributed by atoms with Crippen LogP contribution < -0.4 is 5.32 Å². The number of alkyl halides is 3. The second-order valence-electron chi connectivity index (χ2n) is 3.90. The summed E-state index contributed by atoms with van der Waals surface area (Å²) in [5, 5.41) is 3.08. The lowest BCUT2D eigenvalue weighted by atomic mass is 10.2. The molecule has 1 rings (SSSR count). The first-order chi connectivity index (χ1) is 8.34. The van der Waals surface area contributed by atoms with Crippen LogP contribution >= 0.6 is 15.9 Å². The van der Waals surface area contributed by atoms with E-state index in [1.165, 1.54) is 6.07 Å². The topological polar surface area (TPSA) is 21.3 Å². The first kappa shape index (κ1) is 15.3. The number of hydrogen-bond acceptors (Lipinski definition) is 2. The van der Waals surface area contributed by atoms with Crippen LogP contribution in [0, 0.1) is 0 Å². The number of rotatable bonds is 5. The fourth-order valence-electron chi connectivity index (χ4n) is 1.41. The van der Waals surface area contributed by atoms with Crippen LogP contribution in [-0.4, -0.2) is 19.3 Å². The van der Waals surface area contributed by atoms with Gasteiger partial charge in [0.1, 0.15) is 0 Å². The third-order valence-electron chi connectivity index (χ3n) is 2.27. The number of benzene rings is 1. The summed E-state index contributed by atoms with van der Waals surface area (Å²) in [6.45, 7) is 4.91. The number of hydrogen-bond donors (Lipinski definition) is 1. The molecule has 1 aromatic rings. The average Bonchev–Trinajstić information content (AvgIpc) is 2.27. The SMILES string of the molecule is CCOCC(C)Nc1ccc(C(F)(F)F)cc1Br. The highest BCUT2D eigenvalue weighted by atomic mass is 79.9. The first-order valence-electron chi connectivity index (χ1n) is 5.55. The smallest absolute Gasteiger partial charge is 0.380 e. The van der Waals surface area contributed by atoms with E-state index in [0.29, 0.717) is 23.4 Å². The highest BCUT2D eigenvalue weighted by molar-refractivity contribution is 9.10. The van der Waals surface area contributed by atoms with Crippen LogP contribution in [0.4, 0.5) is 18.9 Å². The molecule has 1 unspecified atom stereocenters. The van der Waals surface area contributed by atoms with Crippen molar-refractivity contribution < 1.29 is 17.9 Å². The van der Waals surface area contributed by atoms with E-state index in [4.69, 9.17) is 4.74 Å². The third-order valence-corrected chi connectivity index (χ3v) is 2.93. The maximum Gasteiger partial charge on any atom is 0.416 e. The number of halogens is 4. The Morgan fingerprint density at radius 3 is 2.56 bits per heavy atom. The molecule has 1 atom stereocenters. The monoisotopic (exact) mass is 325 g/mol. The highest BCUT2D eigenvalue weighted by Gasteiger charge is 2.30. The summed E-state index contributed by atoms with van der Waals surface area (Å²) < 4.78 is 43.0. The predicted molar refractivity (Wildman–Crippen MR) is 68.7 cm³/mol. The Morgan fingerprint density at radius 1 is 1.39 bits per heavy atom. The van der Waals surface area contributed by atoms with E-state index < -0.39 is 11.7 Å². The van der Waals surface area contributed by atoms with Gasteiger partial charge in [0.15, 0.2) is 0 Å². The molecular weight excluding hydrogens is 311 g/mol. The van der Waals surface area contributed by atoms with E-state index in [1.54, 1.807) is 0 Å². The minimum atomic E-state index is -4.32. The highest BCUT2D eigenvalue weighted by Crippen LogP contribution is 2.34. The molecule has 6 heteroatoms. The standard InChI is InChI=1S/C12H15BrF3NO/c1-3-18-7-8(2)17-11-5-4-9(6-10(11)13)12(14,15)16/h4-6,8,17H,3,7H2,1-2H3. The molecule has 102 valence electrons. The van der Waals surface area contributed by atoms with Crippen molar-refractivity contribution in [2.45, 2.75) is 26.1 Å². The summed E-state index contributed by atoms with van der Waals surface area (Å²) in [5.41, 5.74) is -0.0485. The van der Waals surface area contributed by atoms with E-state index in [-0.39, 0.29) is 6.04 Å². The van der Waals surface area contributed by atoms with Gasteiger partial charge in [0.05, 0.1) is 12.2 Å². The van der Waals surface area contributed by atoms with Gasteiger partial charge >= 0.3 is 6.18 Å². The normalized spacial score (nSPS) is 13.4. The minimum absolute atomic E-state index is 0.0259. The largest absolute Gasteiger partial charge is 0.416 e. The van der Waals surface area contributed by atoms with Gasteiger partial charge in [-0.2, -0.15) is 13.2 Å². The number of ether oxygens (including phenoxy) is 1. The Hall–Kier alpha value is -0.750. The zero-order chi connectivity index (χ0) is 13.8. The maximum atomic E-state index is 12.5. The Balaban J connectivity index is 2.74. The van der Waals surface area contributed by atoms with Gasteiger partial charge in [0.25, 0.3) is 0 Å². The number of anilines is 1. The summed E-state index contributed by atoms with van der Waals surface area (Å²) >= 11 is 3.13. The number of nitrogens with one attached hydrogen (secondary N) is 1. The molecule has 0 aliphatic carbocycles. The van der Waals surface area contributed by atoms with Crippen molar-refractivity contribution >= 4 is 21.6 Å². The van der Waals surface area contributed by atoms with Crippen LogP contribution in [0.1, 0.15) is 19.4 Å². The molecule has 0 radical (unpaired) electrons. The molecule has 0 fully saturated rings. The molecule has 0 spiro atoms. The molecule has 0 aliphatic rings. The fourth-order valence-corrected chi connectivity index (χ4v) is 1.90. The van der Waals surface area contributed by atoms with E-state index in [0.717, 1.165) is 12.1 Å². The first-order valence-corrected chi connectivity index (χ1v) is 6.35. The van der Waals surface area contributed by atoms with Crippen molar-refractivity contribution in [3.05, 3.63) is 28.2 Å². The van der Waals surface area contributed by atoms with Gasteiger partial charge in [-0.1, -0.05) is 0 Å². The lowest BCUT2D eigenvalue weighted by Crippen LogP contribution is -2.22. The zero-order valence-corrected chi connectivity index (χ0v) is 11.7. The molecular formula is C12H15BrF3NO. The minimum Gasteiger partial charge on any atom is -0.380 e. The van der Waals surface area contributed by atoms with Crippen LogP contribution in [0.5, 0.6) is 0 Å². The van der Waals surface area contributed by atoms with Gasteiger partial charge in [-0.05, 0) is 48.0 Å². The van der Waals surface area contributed by atoms with Crippen molar-refractivity contribution in [2.75, 3.05) is 18.5 Å². The zero-order valence-electron chi connectivity index (χ0n) is 10.1. The Morgan fingerprint density at radius 2 is 2.06 bits per heavy atom. The summed E-state index contributed by atoms with van der Waals surface area (Å²) in [5.74, 6) is 0. The van der Waals surface area contributed by atoms with Crippen LogP contribution in [0.2, 0.25) is 0 Å².